The Hall–Kier alpha value is -2.37. The number of benzene rings is 1. The lowest BCUT2D eigenvalue weighted by Gasteiger charge is -2.24. The van der Waals surface area contributed by atoms with Crippen LogP contribution >= 0.6 is 0 Å². The van der Waals surface area contributed by atoms with Crippen LogP contribution in [0.4, 0.5) is 0 Å². The quantitative estimate of drug-likeness (QED) is 0.792. The fraction of sp³-hybridized carbons (Fsp3) is 0.350. The topological polar surface area (TPSA) is 65.7 Å². The van der Waals surface area contributed by atoms with Gasteiger partial charge in [0, 0.05) is 31.8 Å². The number of β-amino-alcohol motifs (C(OH)–C–C–N with tert-alkyl or cyclic N) is 1. The molecule has 0 saturated carbocycles. The number of carbonyl (C=O) groups excluding carboxylic acids is 1. The van der Waals surface area contributed by atoms with Crippen LogP contribution in [0.25, 0.3) is 6.08 Å². The molecule has 1 amide bonds. The third-order valence-electron chi connectivity index (χ3n) is 4.41. The van der Waals surface area contributed by atoms with Gasteiger partial charge in [0.25, 0.3) is 0 Å². The molecule has 2 aromatic rings. The minimum absolute atomic E-state index is 0.137. The van der Waals surface area contributed by atoms with Crippen LogP contribution in [0.5, 0.6) is 0 Å². The van der Waals surface area contributed by atoms with Crippen molar-refractivity contribution in [3.05, 3.63) is 65.6 Å². The maximum Gasteiger partial charge on any atom is 0.244 e. The second-order valence-corrected chi connectivity index (χ2v) is 6.49. The van der Waals surface area contributed by atoms with E-state index in [1.54, 1.807) is 6.08 Å². The zero-order chi connectivity index (χ0) is 17.6. The molecule has 1 fully saturated rings. The van der Waals surface area contributed by atoms with E-state index in [9.17, 15) is 9.90 Å². The highest BCUT2D eigenvalue weighted by atomic mass is 16.3. The summed E-state index contributed by atoms with van der Waals surface area (Å²) in [6, 6.07) is 14.0. The average Bonchev–Trinajstić information content (AvgIpc) is 3.17. The normalized spacial score (nSPS) is 21.0. The van der Waals surface area contributed by atoms with Crippen molar-refractivity contribution in [1.29, 1.82) is 0 Å². The molecule has 1 aliphatic rings. The van der Waals surface area contributed by atoms with Crippen molar-refractivity contribution in [3.8, 4) is 0 Å². The van der Waals surface area contributed by atoms with Crippen LogP contribution in [0.2, 0.25) is 0 Å². The van der Waals surface area contributed by atoms with E-state index in [0.29, 0.717) is 25.3 Å². The molecule has 1 aromatic heterocycles. The zero-order valence-electron chi connectivity index (χ0n) is 14.4. The molecule has 0 spiro atoms. The molecular weight excluding hydrogens is 316 g/mol. The number of amides is 1. The van der Waals surface area contributed by atoms with Crippen LogP contribution in [-0.2, 0) is 11.3 Å². The lowest BCUT2D eigenvalue weighted by atomic mass is 10.1. The molecule has 1 saturated heterocycles. The molecule has 2 atom stereocenters. The Morgan fingerprint density at radius 2 is 2.12 bits per heavy atom. The maximum absolute atomic E-state index is 12.0. The molecule has 1 aromatic carbocycles. The molecule has 0 aliphatic carbocycles. The summed E-state index contributed by atoms with van der Waals surface area (Å²) < 4.78 is 5.40. The van der Waals surface area contributed by atoms with Crippen LogP contribution < -0.4 is 5.32 Å². The molecule has 25 heavy (non-hydrogen) atoms. The Labute approximate surface area is 148 Å². The predicted octanol–water partition coefficient (Wildman–Crippen LogP) is 2.35. The third kappa shape index (κ3) is 5.05. The molecule has 132 valence electrons. The second kappa shape index (κ2) is 8.14. The van der Waals surface area contributed by atoms with Crippen molar-refractivity contribution in [3.63, 3.8) is 0 Å². The summed E-state index contributed by atoms with van der Waals surface area (Å²) in [6.45, 7) is 3.80. The highest BCUT2D eigenvalue weighted by Crippen LogP contribution is 2.20. The lowest BCUT2D eigenvalue weighted by Crippen LogP contribution is -2.39. The standard InChI is InChI=1S/C20H24N2O3/c1-15-7-8-19(25-15)9-10-20(24)21-12-17-11-18(23)14-22(17)13-16-5-3-2-4-6-16/h2-10,17-18,23H,11-14H2,1H3,(H,21,24)/b10-9+. The van der Waals surface area contributed by atoms with Crippen molar-refractivity contribution in [2.24, 2.45) is 0 Å². The van der Waals surface area contributed by atoms with E-state index in [2.05, 4.69) is 22.3 Å². The average molecular weight is 340 g/mol. The molecule has 0 radical (unpaired) electrons. The van der Waals surface area contributed by atoms with Crippen molar-refractivity contribution < 1.29 is 14.3 Å². The first-order valence-electron chi connectivity index (χ1n) is 8.58. The fourth-order valence-corrected chi connectivity index (χ4v) is 3.16. The van der Waals surface area contributed by atoms with Gasteiger partial charge in [-0.25, -0.2) is 0 Å². The first-order chi connectivity index (χ1) is 12.1. The van der Waals surface area contributed by atoms with Gasteiger partial charge in [-0.2, -0.15) is 0 Å². The second-order valence-electron chi connectivity index (χ2n) is 6.49. The highest BCUT2D eigenvalue weighted by Gasteiger charge is 2.30. The van der Waals surface area contributed by atoms with Gasteiger partial charge in [-0.05, 0) is 37.1 Å². The van der Waals surface area contributed by atoms with E-state index in [-0.39, 0.29) is 18.1 Å². The van der Waals surface area contributed by atoms with Crippen LogP contribution in [0.3, 0.4) is 0 Å². The molecule has 5 heteroatoms. The Morgan fingerprint density at radius 3 is 2.84 bits per heavy atom. The van der Waals surface area contributed by atoms with Gasteiger partial charge >= 0.3 is 0 Å². The third-order valence-corrected chi connectivity index (χ3v) is 4.41. The maximum atomic E-state index is 12.0. The number of rotatable bonds is 6. The van der Waals surface area contributed by atoms with Crippen LogP contribution in [0.15, 0.2) is 53.0 Å². The number of furan rings is 1. The van der Waals surface area contributed by atoms with Crippen LogP contribution in [0, 0.1) is 6.92 Å². The zero-order valence-corrected chi connectivity index (χ0v) is 14.4. The van der Waals surface area contributed by atoms with E-state index in [0.717, 1.165) is 12.3 Å². The van der Waals surface area contributed by atoms with E-state index in [1.807, 2.05) is 37.3 Å². The van der Waals surface area contributed by atoms with Crippen molar-refractivity contribution in [2.45, 2.75) is 32.0 Å². The Bertz CT molecular complexity index is 724. The summed E-state index contributed by atoms with van der Waals surface area (Å²) >= 11 is 0. The molecule has 2 N–H and O–H groups in total. The van der Waals surface area contributed by atoms with Gasteiger partial charge in [-0.3, -0.25) is 9.69 Å². The molecule has 1 aliphatic heterocycles. The monoisotopic (exact) mass is 340 g/mol. The number of nitrogens with zero attached hydrogens (tertiary/aromatic N) is 1. The van der Waals surface area contributed by atoms with Gasteiger partial charge in [0.05, 0.1) is 6.10 Å². The summed E-state index contributed by atoms with van der Waals surface area (Å²) in [5, 5.41) is 12.9. The van der Waals surface area contributed by atoms with Crippen LogP contribution in [-0.4, -0.2) is 41.1 Å². The number of likely N-dealkylation sites (tertiary alicyclic amines) is 1. The van der Waals surface area contributed by atoms with E-state index < -0.39 is 0 Å². The Balaban J connectivity index is 1.51. The number of carbonyl (C=O) groups is 1. The van der Waals surface area contributed by atoms with Gasteiger partial charge in [-0.1, -0.05) is 30.3 Å². The molecule has 2 heterocycles. The molecule has 0 bridgehead atoms. The van der Waals surface area contributed by atoms with Gasteiger partial charge in [0.1, 0.15) is 11.5 Å². The number of hydrogen-bond donors (Lipinski definition) is 2. The van der Waals surface area contributed by atoms with Gasteiger partial charge in [-0.15, -0.1) is 0 Å². The number of aliphatic hydroxyl groups is 1. The molecule has 2 unspecified atom stereocenters. The molecule has 5 nitrogen and oxygen atoms in total. The summed E-state index contributed by atoms with van der Waals surface area (Å²) in [5.74, 6) is 1.32. The highest BCUT2D eigenvalue weighted by molar-refractivity contribution is 5.91. The molecule has 3 rings (SSSR count). The number of hydrogen-bond acceptors (Lipinski definition) is 4. The Kier molecular flexibility index (Phi) is 5.68. The predicted molar refractivity (Wildman–Crippen MR) is 96.8 cm³/mol. The summed E-state index contributed by atoms with van der Waals surface area (Å²) in [4.78, 5) is 14.2. The van der Waals surface area contributed by atoms with E-state index >= 15 is 0 Å². The summed E-state index contributed by atoms with van der Waals surface area (Å²) in [7, 11) is 0. The van der Waals surface area contributed by atoms with Gasteiger partial charge in [0.2, 0.25) is 5.91 Å². The minimum Gasteiger partial charge on any atom is -0.462 e. The SMILES string of the molecule is Cc1ccc(/C=C/C(=O)NCC2CC(O)CN2Cc2ccccc2)o1. The first-order valence-corrected chi connectivity index (χ1v) is 8.58. The summed E-state index contributed by atoms with van der Waals surface area (Å²) in [6.07, 6.45) is 3.47. The molecular formula is C20H24N2O3. The number of aliphatic hydroxyl groups excluding tert-OH is 1. The van der Waals surface area contributed by atoms with Crippen molar-refractivity contribution >= 4 is 12.0 Å². The largest absolute Gasteiger partial charge is 0.462 e. The van der Waals surface area contributed by atoms with Crippen LogP contribution in [0.1, 0.15) is 23.5 Å². The lowest BCUT2D eigenvalue weighted by molar-refractivity contribution is -0.116. The minimum atomic E-state index is -0.341. The van der Waals surface area contributed by atoms with Gasteiger partial charge in [0.15, 0.2) is 0 Å². The van der Waals surface area contributed by atoms with Crippen molar-refractivity contribution in [1.82, 2.24) is 10.2 Å². The van der Waals surface area contributed by atoms with Gasteiger partial charge < -0.3 is 14.8 Å². The van der Waals surface area contributed by atoms with E-state index in [1.165, 1.54) is 11.6 Å². The summed E-state index contributed by atoms with van der Waals surface area (Å²) in [5.41, 5.74) is 1.21. The number of nitrogens with one attached hydrogen (secondary N) is 1. The fourth-order valence-electron chi connectivity index (χ4n) is 3.16. The smallest absolute Gasteiger partial charge is 0.244 e. The Morgan fingerprint density at radius 1 is 1.32 bits per heavy atom. The first kappa shape index (κ1) is 17.5. The van der Waals surface area contributed by atoms with Crippen molar-refractivity contribution in [2.75, 3.05) is 13.1 Å². The van der Waals surface area contributed by atoms with E-state index in [4.69, 9.17) is 4.42 Å². The number of aryl methyl sites for hydroxylation is 1.